The standard InChI is InChI=1S/C29H28N4O2/c34-28(30-24-16-14-21(15-17-24)20-33-18-8-3-9-19-33)26-25(22-10-4-1-5-11-22)27(31-32-29(26)35)23-12-6-2-7-13-23/h1-2,4-7,10-17H,3,8-9,18-20H2,(H,30,34)(H,32,35). The quantitative estimate of drug-likeness (QED) is 0.404. The molecule has 0 bridgehead atoms. The average Bonchev–Trinajstić information content (AvgIpc) is 2.91. The van der Waals surface area contributed by atoms with E-state index in [1.165, 1.54) is 24.8 Å². The molecule has 5 rings (SSSR count). The number of benzene rings is 3. The number of carbonyl (C=O) groups is 1. The summed E-state index contributed by atoms with van der Waals surface area (Å²) in [5.41, 5.74) is 4.02. The Hall–Kier alpha value is -4.03. The largest absolute Gasteiger partial charge is 0.322 e. The molecule has 0 atom stereocenters. The van der Waals surface area contributed by atoms with E-state index in [1.807, 2.05) is 84.9 Å². The van der Waals surface area contributed by atoms with Crippen molar-refractivity contribution >= 4 is 11.6 Å². The summed E-state index contributed by atoms with van der Waals surface area (Å²) in [6.45, 7) is 3.18. The molecule has 0 radical (unpaired) electrons. The molecule has 1 fully saturated rings. The molecule has 1 amide bonds. The summed E-state index contributed by atoms with van der Waals surface area (Å²) in [6.07, 6.45) is 3.82. The van der Waals surface area contributed by atoms with Crippen molar-refractivity contribution in [3.05, 3.63) is 106 Å². The molecule has 0 saturated carbocycles. The van der Waals surface area contributed by atoms with E-state index in [0.717, 1.165) is 30.8 Å². The highest BCUT2D eigenvalue weighted by Crippen LogP contribution is 2.32. The highest BCUT2D eigenvalue weighted by Gasteiger charge is 2.23. The zero-order valence-electron chi connectivity index (χ0n) is 19.5. The lowest BCUT2D eigenvalue weighted by Gasteiger charge is -2.26. The monoisotopic (exact) mass is 464 g/mol. The van der Waals surface area contributed by atoms with E-state index in [9.17, 15) is 9.59 Å². The molecule has 2 heterocycles. The van der Waals surface area contributed by atoms with Crippen LogP contribution in [0.5, 0.6) is 0 Å². The number of nitrogens with one attached hydrogen (secondary N) is 2. The summed E-state index contributed by atoms with van der Waals surface area (Å²) < 4.78 is 0. The van der Waals surface area contributed by atoms with Crippen LogP contribution in [-0.2, 0) is 6.54 Å². The topological polar surface area (TPSA) is 78.1 Å². The number of aromatic nitrogens is 2. The van der Waals surface area contributed by atoms with Crippen LogP contribution in [-0.4, -0.2) is 34.1 Å². The van der Waals surface area contributed by atoms with Crippen LogP contribution in [0.2, 0.25) is 0 Å². The molecule has 0 spiro atoms. The Kier molecular flexibility index (Phi) is 6.82. The predicted octanol–water partition coefficient (Wildman–Crippen LogP) is 5.34. The van der Waals surface area contributed by atoms with Crippen molar-refractivity contribution in [1.29, 1.82) is 0 Å². The summed E-state index contributed by atoms with van der Waals surface area (Å²) in [5.74, 6) is -0.464. The van der Waals surface area contributed by atoms with E-state index in [2.05, 4.69) is 20.4 Å². The van der Waals surface area contributed by atoms with Gasteiger partial charge in [0, 0.05) is 23.4 Å². The summed E-state index contributed by atoms with van der Waals surface area (Å²) >= 11 is 0. The van der Waals surface area contributed by atoms with Crippen LogP contribution in [0.1, 0.15) is 35.2 Å². The van der Waals surface area contributed by atoms with Crippen LogP contribution in [0.3, 0.4) is 0 Å². The normalized spacial score (nSPS) is 13.9. The maximum Gasteiger partial charge on any atom is 0.277 e. The van der Waals surface area contributed by atoms with Gasteiger partial charge in [-0.05, 0) is 49.2 Å². The number of nitrogens with zero attached hydrogens (tertiary/aromatic N) is 2. The first-order valence-corrected chi connectivity index (χ1v) is 12.1. The fourth-order valence-electron chi connectivity index (χ4n) is 4.62. The van der Waals surface area contributed by atoms with Gasteiger partial charge in [-0.2, -0.15) is 5.10 Å². The molecule has 1 aliphatic heterocycles. The van der Waals surface area contributed by atoms with Gasteiger partial charge in [-0.15, -0.1) is 0 Å². The van der Waals surface area contributed by atoms with Crippen LogP contribution in [0.4, 0.5) is 5.69 Å². The molecule has 1 aliphatic rings. The highest BCUT2D eigenvalue weighted by atomic mass is 16.2. The second kappa shape index (κ2) is 10.5. The molecular weight excluding hydrogens is 436 g/mol. The van der Waals surface area contributed by atoms with E-state index in [-0.39, 0.29) is 5.56 Å². The number of carbonyl (C=O) groups excluding carboxylic acids is 1. The molecule has 1 saturated heterocycles. The zero-order chi connectivity index (χ0) is 24.0. The van der Waals surface area contributed by atoms with E-state index in [0.29, 0.717) is 16.9 Å². The second-order valence-electron chi connectivity index (χ2n) is 8.87. The van der Waals surface area contributed by atoms with Gasteiger partial charge in [-0.25, -0.2) is 5.10 Å². The lowest BCUT2D eigenvalue weighted by molar-refractivity contribution is 0.102. The second-order valence-corrected chi connectivity index (χ2v) is 8.87. The maximum absolute atomic E-state index is 13.4. The van der Waals surface area contributed by atoms with Crippen molar-refractivity contribution in [3.63, 3.8) is 0 Å². The van der Waals surface area contributed by atoms with Crippen LogP contribution >= 0.6 is 0 Å². The van der Waals surface area contributed by atoms with Crippen LogP contribution in [0.15, 0.2) is 89.7 Å². The number of anilines is 1. The van der Waals surface area contributed by atoms with Gasteiger partial charge in [0.05, 0.1) is 5.69 Å². The summed E-state index contributed by atoms with van der Waals surface area (Å²) in [7, 11) is 0. The Labute approximate surface area is 204 Å². The smallest absolute Gasteiger partial charge is 0.277 e. The molecule has 3 aromatic carbocycles. The summed E-state index contributed by atoms with van der Waals surface area (Å²) in [4.78, 5) is 28.8. The third-order valence-corrected chi connectivity index (χ3v) is 6.39. The number of likely N-dealkylation sites (tertiary alicyclic amines) is 1. The van der Waals surface area contributed by atoms with Gasteiger partial charge in [-0.3, -0.25) is 14.5 Å². The van der Waals surface area contributed by atoms with E-state index in [4.69, 9.17) is 0 Å². The molecule has 0 unspecified atom stereocenters. The lowest BCUT2D eigenvalue weighted by atomic mass is 9.95. The van der Waals surface area contributed by atoms with Crippen molar-refractivity contribution < 1.29 is 4.79 Å². The van der Waals surface area contributed by atoms with Gasteiger partial charge < -0.3 is 5.32 Å². The van der Waals surface area contributed by atoms with Gasteiger partial charge >= 0.3 is 0 Å². The number of amides is 1. The number of piperidine rings is 1. The predicted molar refractivity (Wildman–Crippen MR) is 139 cm³/mol. The Bertz CT molecular complexity index is 1340. The van der Waals surface area contributed by atoms with Crippen LogP contribution in [0, 0.1) is 0 Å². The first-order chi connectivity index (χ1) is 17.2. The third-order valence-electron chi connectivity index (χ3n) is 6.39. The minimum absolute atomic E-state index is 0.0439. The van der Waals surface area contributed by atoms with Gasteiger partial charge in [-0.1, -0.05) is 79.2 Å². The first-order valence-electron chi connectivity index (χ1n) is 12.1. The van der Waals surface area contributed by atoms with Crippen molar-refractivity contribution in [2.75, 3.05) is 18.4 Å². The Morgan fingerprint density at radius 2 is 1.46 bits per heavy atom. The van der Waals surface area contributed by atoms with E-state index in [1.54, 1.807) is 0 Å². The lowest BCUT2D eigenvalue weighted by Crippen LogP contribution is -2.29. The fraction of sp³-hybridized carbons (Fsp3) is 0.207. The van der Waals surface area contributed by atoms with Crippen molar-refractivity contribution in [3.8, 4) is 22.4 Å². The molecular formula is C29H28N4O2. The van der Waals surface area contributed by atoms with E-state index < -0.39 is 11.5 Å². The van der Waals surface area contributed by atoms with Crippen LogP contribution in [0.25, 0.3) is 22.4 Å². The van der Waals surface area contributed by atoms with Crippen molar-refractivity contribution in [2.45, 2.75) is 25.8 Å². The molecule has 6 heteroatoms. The average molecular weight is 465 g/mol. The maximum atomic E-state index is 13.4. The number of hydrogen-bond donors (Lipinski definition) is 2. The van der Waals surface area contributed by atoms with Gasteiger partial charge in [0.25, 0.3) is 11.5 Å². The highest BCUT2D eigenvalue weighted by molar-refractivity contribution is 6.10. The molecule has 6 nitrogen and oxygen atoms in total. The van der Waals surface area contributed by atoms with E-state index >= 15 is 0 Å². The minimum Gasteiger partial charge on any atom is -0.322 e. The minimum atomic E-state index is -0.525. The third kappa shape index (κ3) is 5.23. The SMILES string of the molecule is O=C(Nc1ccc(CN2CCCCC2)cc1)c1c(-c2ccccc2)c(-c2ccccc2)n[nH]c1=O. The van der Waals surface area contributed by atoms with Gasteiger partial charge in [0.2, 0.25) is 0 Å². The molecule has 0 aliphatic carbocycles. The molecule has 2 N–H and O–H groups in total. The van der Waals surface area contributed by atoms with Crippen LogP contribution < -0.4 is 10.9 Å². The molecule has 1 aromatic heterocycles. The number of H-pyrrole nitrogens is 1. The van der Waals surface area contributed by atoms with Gasteiger partial charge in [0.15, 0.2) is 0 Å². The number of aromatic amines is 1. The fourth-order valence-corrected chi connectivity index (χ4v) is 4.62. The summed E-state index contributed by atoms with van der Waals surface area (Å²) in [6, 6.07) is 26.8. The Balaban J connectivity index is 1.46. The van der Waals surface area contributed by atoms with Gasteiger partial charge in [0.1, 0.15) is 5.56 Å². The Morgan fingerprint density at radius 1 is 0.829 bits per heavy atom. The zero-order valence-corrected chi connectivity index (χ0v) is 19.5. The Morgan fingerprint density at radius 3 is 2.11 bits per heavy atom. The van der Waals surface area contributed by atoms with Crippen molar-refractivity contribution in [1.82, 2.24) is 15.1 Å². The van der Waals surface area contributed by atoms with Crippen molar-refractivity contribution in [2.24, 2.45) is 0 Å². The number of hydrogen-bond acceptors (Lipinski definition) is 4. The molecule has 35 heavy (non-hydrogen) atoms. The first kappa shape index (κ1) is 22.7. The summed E-state index contributed by atoms with van der Waals surface area (Å²) in [5, 5.41) is 9.76. The molecule has 4 aromatic rings. The molecule has 176 valence electrons. The number of rotatable bonds is 6.